The van der Waals surface area contributed by atoms with Crippen LogP contribution >= 0.6 is 0 Å². The summed E-state index contributed by atoms with van der Waals surface area (Å²) in [4.78, 5) is 4.21. The van der Waals surface area contributed by atoms with Gasteiger partial charge in [-0.3, -0.25) is 4.99 Å². The lowest BCUT2D eigenvalue weighted by Gasteiger charge is -2.19. The minimum atomic E-state index is -2.79. The molecule has 0 aliphatic carbocycles. The number of aliphatic imine (C=N–C) groups is 1. The molecule has 1 aliphatic rings. The van der Waals surface area contributed by atoms with Crippen LogP contribution in [-0.2, 0) is 9.84 Å². The fraction of sp³-hybridized carbons (Fsp3) is 0.933. The Labute approximate surface area is 129 Å². The van der Waals surface area contributed by atoms with Crippen LogP contribution in [0.3, 0.4) is 0 Å². The van der Waals surface area contributed by atoms with Crippen LogP contribution in [0.5, 0.6) is 0 Å². The first-order chi connectivity index (χ1) is 9.82. The third-order valence-corrected chi connectivity index (χ3v) is 5.75. The molecule has 2 unspecified atom stereocenters. The molecule has 0 radical (unpaired) electrons. The molecule has 0 aromatic rings. The lowest BCUT2D eigenvalue weighted by atomic mass is 10.0. The van der Waals surface area contributed by atoms with Crippen molar-refractivity contribution in [1.29, 1.82) is 0 Å². The van der Waals surface area contributed by atoms with Gasteiger partial charge >= 0.3 is 0 Å². The molecule has 2 N–H and O–H groups in total. The third kappa shape index (κ3) is 7.69. The fourth-order valence-corrected chi connectivity index (χ4v) is 4.47. The molecule has 1 fully saturated rings. The van der Waals surface area contributed by atoms with Gasteiger partial charge in [0, 0.05) is 19.6 Å². The van der Waals surface area contributed by atoms with Crippen molar-refractivity contribution in [1.82, 2.24) is 10.6 Å². The average Bonchev–Trinajstić information content (AvgIpc) is 2.73. The minimum absolute atomic E-state index is 0.213. The van der Waals surface area contributed by atoms with Crippen molar-refractivity contribution in [2.45, 2.75) is 52.5 Å². The Balaban J connectivity index is 2.26. The number of hydrogen-bond donors (Lipinski definition) is 2. The summed E-state index contributed by atoms with van der Waals surface area (Å²) in [5, 5.41) is 6.63. The van der Waals surface area contributed by atoms with E-state index in [1.165, 1.54) is 12.8 Å². The first kappa shape index (κ1) is 18.3. The summed E-state index contributed by atoms with van der Waals surface area (Å²) in [7, 11) is -1.04. The van der Waals surface area contributed by atoms with E-state index in [2.05, 4.69) is 36.4 Å². The van der Waals surface area contributed by atoms with E-state index in [4.69, 9.17) is 0 Å². The second kappa shape index (κ2) is 8.61. The van der Waals surface area contributed by atoms with Crippen molar-refractivity contribution in [3.05, 3.63) is 0 Å². The van der Waals surface area contributed by atoms with E-state index in [-0.39, 0.29) is 5.92 Å². The van der Waals surface area contributed by atoms with E-state index in [1.54, 1.807) is 7.05 Å². The van der Waals surface area contributed by atoms with Gasteiger partial charge in [-0.05, 0) is 31.6 Å². The van der Waals surface area contributed by atoms with Gasteiger partial charge < -0.3 is 10.6 Å². The van der Waals surface area contributed by atoms with Crippen LogP contribution in [0.2, 0.25) is 0 Å². The van der Waals surface area contributed by atoms with Gasteiger partial charge in [0.1, 0.15) is 0 Å². The molecule has 5 nitrogen and oxygen atoms in total. The van der Waals surface area contributed by atoms with Crippen LogP contribution in [0.1, 0.15) is 46.5 Å². The van der Waals surface area contributed by atoms with E-state index < -0.39 is 9.84 Å². The SMILES string of the molecule is CN=C(NCC1CCS(=O)(=O)C1)NC(C)CCCC(C)C. The zero-order chi connectivity index (χ0) is 15.9. The fourth-order valence-electron chi connectivity index (χ4n) is 2.61. The number of nitrogens with one attached hydrogen (secondary N) is 2. The molecule has 21 heavy (non-hydrogen) atoms. The smallest absolute Gasteiger partial charge is 0.191 e. The molecule has 1 heterocycles. The molecule has 0 aromatic heterocycles. The number of sulfone groups is 1. The Morgan fingerprint density at radius 3 is 2.52 bits per heavy atom. The first-order valence-electron chi connectivity index (χ1n) is 8.00. The van der Waals surface area contributed by atoms with Crippen LogP contribution in [0, 0.1) is 11.8 Å². The number of hydrogen-bond acceptors (Lipinski definition) is 3. The Hall–Kier alpha value is -0.780. The lowest BCUT2D eigenvalue weighted by Crippen LogP contribution is -2.44. The van der Waals surface area contributed by atoms with Gasteiger partial charge in [-0.2, -0.15) is 0 Å². The first-order valence-corrected chi connectivity index (χ1v) is 9.82. The minimum Gasteiger partial charge on any atom is -0.356 e. The second-order valence-electron chi connectivity index (χ2n) is 6.59. The molecule has 0 saturated carbocycles. The van der Waals surface area contributed by atoms with Crippen molar-refractivity contribution in [2.75, 3.05) is 25.1 Å². The average molecular weight is 317 g/mol. The summed E-state index contributed by atoms with van der Waals surface area (Å²) >= 11 is 0. The molecular weight excluding hydrogens is 286 g/mol. The van der Waals surface area contributed by atoms with Crippen molar-refractivity contribution in [3.8, 4) is 0 Å². The summed E-state index contributed by atoms with van der Waals surface area (Å²) < 4.78 is 22.9. The molecule has 0 bridgehead atoms. The predicted octanol–water partition coefficient (Wildman–Crippen LogP) is 1.80. The van der Waals surface area contributed by atoms with Gasteiger partial charge in [-0.1, -0.05) is 26.7 Å². The number of rotatable bonds is 7. The molecule has 6 heteroatoms. The Morgan fingerprint density at radius 2 is 2.00 bits per heavy atom. The summed E-state index contributed by atoms with van der Waals surface area (Å²) in [5.41, 5.74) is 0. The molecular formula is C15H31N3O2S. The highest BCUT2D eigenvalue weighted by atomic mass is 32.2. The molecule has 0 spiro atoms. The zero-order valence-electron chi connectivity index (χ0n) is 13.9. The second-order valence-corrected chi connectivity index (χ2v) is 8.82. The highest BCUT2D eigenvalue weighted by Gasteiger charge is 2.27. The van der Waals surface area contributed by atoms with Crippen molar-refractivity contribution in [3.63, 3.8) is 0 Å². The predicted molar refractivity (Wildman–Crippen MR) is 89.4 cm³/mol. The monoisotopic (exact) mass is 317 g/mol. The Bertz CT molecular complexity index is 432. The van der Waals surface area contributed by atoms with Gasteiger partial charge in [0.05, 0.1) is 11.5 Å². The van der Waals surface area contributed by atoms with Gasteiger partial charge in [-0.25, -0.2) is 8.42 Å². The largest absolute Gasteiger partial charge is 0.356 e. The molecule has 0 amide bonds. The Morgan fingerprint density at radius 1 is 1.29 bits per heavy atom. The van der Waals surface area contributed by atoms with Gasteiger partial charge in [0.25, 0.3) is 0 Å². The Kier molecular flexibility index (Phi) is 7.49. The van der Waals surface area contributed by atoms with E-state index in [0.29, 0.717) is 24.1 Å². The van der Waals surface area contributed by atoms with E-state index in [1.807, 2.05) is 0 Å². The van der Waals surface area contributed by atoms with Gasteiger partial charge in [0.15, 0.2) is 15.8 Å². The topological polar surface area (TPSA) is 70.6 Å². The quantitative estimate of drug-likeness (QED) is 0.555. The molecule has 0 aromatic carbocycles. The molecule has 124 valence electrons. The lowest BCUT2D eigenvalue weighted by molar-refractivity contribution is 0.488. The van der Waals surface area contributed by atoms with Gasteiger partial charge in [0.2, 0.25) is 0 Å². The molecule has 2 atom stereocenters. The summed E-state index contributed by atoms with van der Waals surface area (Å²) in [6.07, 6.45) is 4.34. The van der Waals surface area contributed by atoms with Crippen LogP contribution in [0.15, 0.2) is 4.99 Å². The molecule has 1 saturated heterocycles. The van der Waals surface area contributed by atoms with Crippen LogP contribution in [-0.4, -0.2) is 45.5 Å². The van der Waals surface area contributed by atoms with Crippen molar-refractivity contribution >= 4 is 15.8 Å². The summed E-state index contributed by atoms with van der Waals surface area (Å²) in [5.74, 6) is 2.37. The van der Waals surface area contributed by atoms with Crippen molar-refractivity contribution in [2.24, 2.45) is 16.8 Å². The summed E-state index contributed by atoms with van der Waals surface area (Å²) in [6, 6.07) is 0.377. The van der Waals surface area contributed by atoms with E-state index in [9.17, 15) is 8.42 Å². The maximum absolute atomic E-state index is 11.4. The zero-order valence-corrected chi connectivity index (χ0v) is 14.7. The maximum Gasteiger partial charge on any atom is 0.191 e. The highest BCUT2D eigenvalue weighted by molar-refractivity contribution is 7.91. The summed E-state index contributed by atoms with van der Waals surface area (Å²) in [6.45, 7) is 7.33. The van der Waals surface area contributed by atoms with E-state index in [0.717, 1.165) is 24.7 Å². The normalized spacial score (nSPS) is 23.3. The van der Waals surface area contributed by atoms with Gasteiger partial charge in [-0.15, -0.1) is 0 Å². The van der Waals surface area contributed by atoms with Crippen LogP contribution in [0.25, 0.3) is 0 Å². The van der Waals surface area contributed by atoms with E-state index >= 15 is 0 Å². The van der Waals surface area contributed by atoms with Crippen LogP contribution in [0.4, 0.5) is 0 Å². The molecule has 1 aliphatic heterocycles. The van der Waals surface area contributed by atoms with Crippen molar-refractivity contribution < 1.29 is 8.42 Å². The molecule has 1 rings (SSSR count). The standard InChI is InChI=1S/C15H31N3O2S/c1-12(2)6-5-7-13(3)18-15(16-4)17-10-14-8-9-21(19,20)11-14/h12-14H,5-11H2,1-4H3,(H2,16,17,18). The van der Waals surface area contributed by atoms with Crippen LogP contribution < -0.4 is 10.6 Å². The number of guanidine groups is 1. The highest BCUT2D eigenvalue weighted by Crippen LogP contribution is 2.17. The number of nitrogens with zero attached hydrogens (tertiary/aromatic N) is 1. The maximum atomic E-state index is 11.4. The third-order valence-electron chi connectivity index (χ3n) is 3.91.